The Bertz CT molecular complexity index is 956. The van der Waals surface area contributed by atoms with Gasteiger partial charge in [-0.05, 0) is 30.2 Å². The first kappa shape index (κ1) is 15.3. The largest absolute Gasteiger partial charge is 0.319 e. The van der Waals surface area contributed by atoms with Gasteiger partial charge in [-0.15, -0.1) is 0 Å². The van der Waals surface area contributed by atoms with E-state index < -0.39 is 24.1 Å². The van der Waals surface area contributed by atoms with Gasteiger partial charge < -0.3 is 4.57 Å². The maximum Gasteiger partial charge on any atom is 0.259 e. The minimum absolute atomic E-state index is 0.0142. The zero-order valence-electron chi connectivity index (χ0n) is 12.0. The van der Waals surface area contributed by atoms with Crippen LogP contribution in [0.2, 0.25) is 5.28 Å². The first-order valence-corrected chi connectivity index (χ1v) is 7.50. The summed E-state index contributed by atoms with van der Waals surface area (Å²) in [6.07, 6.45) is -1.16. The van der Waals surface area contributed by atoms with E-state index in [4.69, 9.17) is 11.6 Å². The van der Waals surface area contributed by atoms with E-state index in [1.54, 1.807) is 0 Å². The fourth-order valence-corrected chi connectivity index (χ4v) is 3.21. The standard InChI is InChI=1S/C15H9ClF4N4/c16-15-21-5-8(18)12(23-15)6-3-7(17)13-10(4-6)24-9(14(19)20)1-2-11(24)22-13/h3-5,9,14H,1-2H2. The minimum Gasteiger partial charge on any atom is -0.319 e. The van der Waals surface area contributed by atoms with E-state index >= 15 is 0 Å². The number of hydrogen-bond donors (Lipinski definition) is 0. The summed E-state index contributed by atoms with van der Waals surface area (Å²) in [5, 5.41) is -0.198. The maximum absolute atomic E-state index is 14.4. The monoisotopic (exact) mass is 356 g/mol. The van der Waals surface area contributed by atoms with Crippen LogP contribution in [0.15, 0.2) is 18.3 Å². The first-order valence-electron chi connectivity index (χ1n) is 7.12. The molecule has 0 spiro atoms. The Labute approximate surface area is 138 Å². The summed E-state index contributed by atoms with van der Waals surface area (Å²) in [5.41, 5.74) is 0.0685. The van der Waals surface area contributed by atoms with Crippen molar-refractivity contribution in [2.75, 3.05) is 0 Å². The number of rotatable bonds is 2. The highest BCUT2D eigenvalue weighted by molar-refractivity contribution is 6.28. The van der Waals surface area contributed by atoms with Crippen LogP contribution in [-0.4, -0.2) is 25.9 Å². The van der Waals surface area contributed by atoms with Crippen LogP contribution in [0.3, 0.4) is 0 Å². The average molecular weight is 357 g/mol. The Morgan fingerprint density at radius 2 is 1.96 bits per heavy atom. The Hall–Kier alpha value is -2.22. The molecular formula is C15H9ClF4N4. The SMILES string of the molecule is Fc1cnc(Cl)nc1-c1cc(F)c2nc3n(c2c1)C(C(F)F)CC3. The molecule has 3 heterocycles. The molecule has 4 rings (SSSR count). The molecule has 0 bridgehead atoms. The molecule has 0 aliphatic carbocycles. The quantitative estimate of drug-likeness (QED) is 0.511. The van der Waals surface area contributed by atoms with Gasteiger partial charge in [0, 0.05) is 12.0 Å². The van der Waals surface area contributed by atoms with Gasteiger partial charge in [0.2, 0.25) is 5.28 Å². The molecule has 0 N–H and O–H groups in total. The van der Waals surface area contributed by atoms with E-state index in [1.807, 2.05) is 0 Å². The van der Waals surface area contributed by atoms with Crippen molar-refractivity contribution in [3.05, 3.63) is 41.1 Å². The molecule has 1 aliphatic heterocycles. The predicted molar refractivity (Wildman–Crippen MR) is 79.0 cm³/mol. The van der Waals surface area contributed by atoms with Gasteiger partial charge in [-0.25, -0.2) is 32.5 Å². The molecule has 1 atom stereocenters. The minimum atomic E-state index is -2.60. The Morgan fingerprint density at radius 3 is 2.71 bits per heavy atom. The van der Waals surface area contributed by atoms with Crippen LogP contribution in [-0.2, 0) is 6.42 Å². The summed E-state index contributed by atoms with van der Waals surface area (Å²) < 4.78 is 56.1. The third-order valence-electron chi connectivity index (χ3n) is 4.10. The van der Waals surface area contributed by atoms with Gasteiger partial charge in [0.15, 0.2) is 11.6 Å². The lowest BCUT2D eigenvalue weighted by Gasteiger charge is -2.13. The van der Waals surface area contributed by atoms with Crippen molar-refractivity contribution >= 4 is 22.6 Å². The van der Waals surface area contributed by atoms with Crippen molar-refractivity contribution < 1.29 is 17.6 Å². The van der Waals surface area contributed by atoms with Crippen molar-refractivity contribution in [2.45, 2.75) is 25.3 Å². The summed E-state index contributed by atoms with van der Waals surface area (Å²) in [6, 6.07) is 1.39. The lowest BCUT2D eigenvalue weighted by Crippen LogP contribution is -2.12. The zero-order chi connectivity index (χ0) is 17.0. The van der Waals surface area contributed by atoms with Gasteiger partial charge in [-0.2, -0.15) is 0 Å². The molecule has 0 fully saturated rings. The van der Waals surface area contributed by atoms with Crippen LogP contribution in [0.4, 0.5) is 17.6 Å². The van der Waals surface area contributed by atoms with Gasteiger partial charge in [-0.3, -0.25) is 0 Å². The highest BCUT2D eigenvalue weighted by atomic mass is 35.5. The lowest BCUT2D eigenvalue weighted by molar-refractivity contribution is 0.0883. The van der Waals surface area contributed by atoms with Gasteiger partial charge in [0.1, 0.15) is 17.0 Å². The predicted octanol–water partition coefficient (Wildman–Crippen LogP) is 4.18. The molecule has 24 heavy (non-hydrogen) atoms. The molecule has 0 saturated carbocycles. The molecule has 2 aromatic heterocycles. The topological polar surface area (TPSA) is 43.6 Å². The second kappa shape index (κ2) is 5.41. The molecule has 3 aromatic rings. The molecule has 4 nitrogen and oxygen atoms in total. The van der Waals surface area contributed by atoms with Crippen molar-refractivity contribution in [2.24, 2.45) is 0 Å². The molecule has 1 aliphatic rings. The van der Waals surface area contributed by atoms with E-state index in [1.165, 1.54) is 10.6 Å². The summed E-state index contributed by atoms with van der Waals surface area (Å²) in [5.74, 6) is -1.12. The van der Waals surface area contributed by atoms with Crippen LogP contribution in [0.5, 0.6) is 0 Å². The van der Waals surface area contributed by atoms with Crippen molar-refractivity contribution in [3.63, 3.8) is 0 Å². The first-order chi connectivity index (χ1) is 11.5. The second-order valence-electron chi connectivity index (χ2n) is 5.50. The van der Waals surface area contributed by atoms with E-state index in [2.05, 4.69) is 15.0 Å². The summed E-state index contributed by atoms with van der Waals surface area (Å²) in [6.45, 7) is 0. The molecule has 1 unspecified atom stereocenters. The number of fused-ring (bicyclic) bond motifs is 3. The highest BCUT2D eigenvalue weighted by Crippen LogP contribution is 2.37. The maximum atomic E-state index is 14.4. The Kier molecular flexibility index (Phi) is 3.45. The molecular weight excluding hydrogens is 348 g/mol. The van der Waals surface area contributed by atoms with Gasteiger partial charge in [-0.1, -0.05) is 0 Å². The number of hydrogen-bond acceptors (Lipinski definition) is 3. The number of benzene rings is 1. The molecule has 0 saturated heterocycles. The van der Waals surface area contributed by atoms with Gasteiger partial charge in [0.25, 0.3) is 6.43 Å². The fourth-order valence-electron chi connectivity index (χ4n) is 3.08. The summed E-state index contributed by atoms with van der Waals surface area (Å²) in [7, 11) is 0. The van der Waals surface area contributed by atoms with Gasteiger partial charge >= 0.3 is 0 Å². The zero-order valence-corrected chi connectivity index (χ0v) is 12.7. The van der Waals surface area contributed by atoms with Crippen LogP contribution >= 0.6 is 11.6 Å². The Morgan fingerprint density at radius 1 is 1.17 bits per heavy atom. The number of halogens is 5. The molecule has 1 aromatic carbocycles. The lowest BCUT2D eigenvalue weighted by atomic mass is 10.1. The second-order valence-corrected chi connectivity index (χ2v) is 5.84. The summed E-state index contributed by atoms with van der Waals surface area (Å²) in [4.78, 5) is 11.4. The Balaban J connectivity index is 1.97. The van der Waals surface area contributed by atoms with Crippen molar-refractivity contribution in [3.8, 4) is 11.3 Å². The highest BCUT2D eigenvalue weighted by Gasteiger charge is 2.33. The molecule has 9 heteroatoms. The molecule has 124 valence electrons. The molecule has 0 radical (unpaired) electrons. The van der Waals surface area contributed by atoms with E-state index in [0.717, 1.165) is 12.3 Å². The summed E-state index contributed by atoms with van der Waals surface area (Å²) >= 11 is 5.66. The van der Waals surface area contributed by atoms with Gasteiger partial charge in [0.05, 0.1) is 17.8 Å². The van der Waals surface area contributed by atoms with E-state index in [0.29, 0.717) is 12.2 Å². The number of imidazole rings is 1. The van der Waals surface area contributed by atoms with Crippen LogP contribution in [0.25, 0.3) is 22.3 Å². The van der Waals surface area contributed by atoms with Crippen LogP contribution < -0.4 is 0 Å². The van der Waals surface area contributed by atoms with Crippen molar-refractivity contribution in [1.29, 1.82) is 0 Å². The van der Waals surface area contributed by atoms with Crippen LogP contribution in [0.1, 0.15) is 18.3 Å². The van der Waals surface area contributed by atoms with E-state index in [-0.39, 0.29) is 34.0 Å². The number of nitrogens with zero attached hydrogens (tertiary/aromatic N) is 4. The number of aryl methyl sites for hydroxylation is 1. The normalized spacial score (nSPS) is 17.0. The fraction of sp³-hybridized carbons (Fsp3) is 0.267. The van der Waals surface area contributed by atoms with E-state index in [9.17, 15) is 17.6 Å². The third kappa shape index (κ3) is 2.24. The number of aromatic nitrogens is 4. The van der Waals surface area contributed by atoms with Crippen LogP contribution in [0, 0.1) is 11.6 Å². The third-order valence-corrected chi connectivity index (χ3v) is 4.28. The molecule has 0 amide bonds. The van der Waals surface area contributed by atoms with Crippen molar-refractivity contribution in [1.82, 2.24) is 19.5 Å². The smallest absolute Gasteiger partial charge is 0.259 e. The average Bonchev–Trinajstić information content (AvgIpc) is 3.09. The number of alkyl halides is 2.